The molecular formula is C13H16N2O. The quantitative estimate of drug-likeness (QED) is 0.834. The Morgan fingerprint density at radius 1 is 1.38 bits per heavy atom. The fourth-order valence-electron chi connectivity index (χ4n) is 1.62. The molecule has 84 valence electrons. The van der Waals surface area contributed by atoms with E-state index < -0.39 is 0 Å². The molecule has 0 aromatic carbocycles. The molecule has 0 aliphatic heterocycles. The molecule has 0 radical (unpaired) electrons. The molecule has 16 heavy (non-hydrogen) atoms. The number of rotatable bonds is 5. The van der Waals surface area contributed by atoms with Crippen LogP contribution in [0.25, 0.3) is 0 Å². The number of pyridine rings is 1. The maximum Gasteiger partial charge on any atom is 0.103 e. The molecule has 0 aliphatic carbocycles. The van der Waals surface area contributed by atoms with Gasteiger partial charge in [-0.05, 0) is 37.6 Å². The fourth-order valence-corrected chi connectivity index (χ4v) is 1.62. The Bertz CT molecular complexity index is 397. The highest BCUT2D eigenvalue weighted by molar-refractivity contribution is 5.40. The largest absolute Gasteiger partial charge is 0.469 e. The molecule has 3 heteroatoms. The first kappa shape index (κ1) is 10.7. The van der Waals surface area contributed by atoms with Crippen molar-refractivity contribution in [1.82, 2.24) is 4.98 Å². The third-order valence-corrected chi connectivity index (χ3v) is 2.48. The number of hydrogen-bond donors (Lipinski definition) is 1. The lowest BCUT2D eigenvalue weighted by atomic mass is 10.1. The second-order valence-electron chi connectivity index (χ2n) is 3.91. The lowest BCUT2D eigenvalue weighted by molar-refractivity contribution is 0.495. The Labute approximate surface area is 95.5 Å². The van der Waals surface area contributed by atoms with Gasteiger partial charge in [0.1, 0.15) is 5.76 Å². The van der Waals surface area contributed by atoms with Gasteiger partial charge in [0.15, 0.2) is 0 Å². The van der Waals surface area contributed by atoms with E-state index in [1.165, 1.54) is 0 Å². The number of nitrogens with one attached hydrogen (secondary N) is 1. The lowest BCUT2D eigenvalue weighted by Crippen LogP contribution is -2.15. The summed E-state index contributed by atoms with van der Waals surface area (Å²) in [6.07, 6.45) is 7.33. The Hall–Kier alpha value is -1.77. The van der Waals surface area contributed by atoms with Gasteiger partial charge in [0.2, 0.25) is 0 Å². The number of nitrogens with zero attached hydrogens (tertiary/aromatic N) is 1. The van der Waals surface area contributed by atoms with Crippen LogP contribution < -0.4 is 5.32 Å². The zero-order valence-electron chi connectivity index (χ0n) is 9.39. The summed E-state index contributed by atoms with van der Waals surface area (Å²) in [5, 5.41) is 3.40. The molecule has 0 saturated carbocycles. The zero-order valence-corrected chi connectivity index (χ0v) is 9.39. The molecule has 2 aromatic heterocycles. The number of furan rings is 1. The molecule has 0 spiro atoms. The van der Waals surface area contributed by atoms with Gasteiger partial charge in [0, 0.05) is 24.9 Å². The van der Waals surface area contributed by atoms with Crippen LogP contribution in [0.3, 0.4) is 0 Å². The van der Waals surface area contributed by atoms with Crippen molar-refractivity contribution in [2.75, 3.05) is 5.32 Å². The van der Waals surface area contributed by atoms with Crippen LogP contribution in [-0.4, -0.2) is 11.0 Å². The van der Waals surface area contributed by atoms with Gasteiger partial charge in [-0.2, -0.15) is 0 Å². The van der Waals surface area contributed by atoms with Crippen molar-refractivity contribution in [3.63, 3.8) is 0 Å². The third kappa shape index (κ3) is 3.12. The summed E-state index contributed by atoms with van der Waals surface area (Å²) >= 11 is 0. The number of aromatic nitrogens is 1. The van der Waals surface area contributed by atoms with Crippen LogP contribution in [0.2, 0.25) is 0 Å². The predicted octanol–water partition coefficient (Wildman–Crippen LogP) is 3.11. The van der Waals surface area contributed by atoms with Crippen LogP contribution in [-0.2, 0) is 6.42 Å². The number of aryl methyl sites for hydroxylation is 1. The van der Waals surface area contributed by atoms with Crippen molar-refractivity contribution in [2.45, 2.75) is 25.8 Å². The highest BCUT2D eigenvalue weighted by atomic mass is 16.3. The van der Waals surface area contributed by atoms with E-state index in [4.69, 9.17) is 4.42 Å². The van der Waals surface area contributed by atoms with Gasteiger partial charge in [0.05, 0.1) is 12.0 Å². The Morgan fingerprint density at radius 3 is 3.00 bits per heavy atom. The smallest absolute Gasteiger partial charge is 0.103 e. The molecular weight excluding hydrogens is 200 g/mol. The zero-order chi connectivity index (χ0) is 11.2. The molecule has 3 nitrogen and oxygen atoms in total. The van der Waals surface area contributed by atoms with Crippen molar-refractivity contribution in [3.05, 3.63) is 48.7 Å². The van der Waals surface area contributed by atoms with Crippen molar-refractivity contribution >= 4 is 5.69 Å². The first-order chi connectivity index (χ1) is 7.84. The summed E-state index contributed by atoms with van der Waals surface area (Å²) in [6, 6.07) is 8.30. The van der Waals surface area contributed by atoms with E-state index in [2.05, 4.69) is 17.2 Å². The average Bonchev–Trinajstić information content (AvgIpc) is 2.81. The van der Waals surface area contributed by atoms with E-state index in [0.29, 0.717) is 6.04 Å². The van der Waals surface area contributed by atoms with Crippen molar-refractivity contribution in [1.29, 1.82) is 0 Å². The maximum absolute atomic E-state index is 5.29. The Kier molecular flexibility index (Phi) is 3.59. The Morgan fingerprint density at radius 2 is 2.31 bits per heavy atom. The highest BCUT2D eigenvalue weighted by Crippen LogP contribution is 2.10. The second kappa shape index (κ2) is 5.35. The maximum atomic E-state index is 5.29. The molecule has 2 rings (SSSR count). The van der Waals surface area contributed by atoms with Gasteiger partial charge < -0.3 is 9.73 Å². The molecule has 1 atom stereocenters. The van der Waals surface area contributed by atoms with E-state index >= 15 is 0 Å². The summed E-state index contributed by atoms with van der Waals surface area (Å²) in [7, 11) is 0. The Balaban J connectivity index is 1.78. The molecule has 0 fully saturated rings. The van der Waals surface area contributed by atoms with Crippen molar-refractivity contribution in [3.8, 4) is 0 Å². The van der Waals surface area contributed by atoms with E-state index in [-0.39, 0.29) is 0 Å². The summed E-state index contributed by atoms with van der Waals surface area (Å²) < 4.78 is 5.29. The molecule has 2 heterocycles. The van der Waals surface area contributed by atoms with Crippen LogP contribution >= 0.6 is 0 Å². The van der Waals surface area contributed by atoms with Crippen molar-refractivity contribution < 1.29 is 4.42 Å². The summed E-state index contributed by atoms with van der Waals surface area (Å²) in [6.45, 7) is 2.16. The van der Waals surface area contributed by atoms with E-state index in [0.717, 1.165) is 24.3 Å². The normalized spacial score (nSPS) is 12.3. The third-order valence-electron chi connectivity index (χ3n) is 2.48. The minimum atomic E-state index is 0.411. The summed E-state index contributed by atoms with van der Waals surface area (Å²) in [5.74, 6) is 1.04. The SMILES string of the molecule is CC(CCc1ccco1)Nc1cccnc1. The fraction of sp³-hybridized carbons (Fsp3) is 0.308. The highest BCUT2D eigenvalue weighted by Gasteiger charge is 2.03. The standard InChI is InChI=1S/C13H16N2O/c1-11(6-7-13-5-3-9-16-13)15-12-4-2-8-14-10-12/h2-5,8-11,15H,6-7H2,1H3. The van der Waals surface area contributed by atoms with Gasteiger partial charge in [-0.15, -0.1) is 0 Å². The minimum Gasteiger partial charge on any atom is -0.469 e. The molecule has 0 aliphatic rings. The monoisotopic (exact) mass is 216 g/mol. The van der Waals surface area contributed by atoms with Crippen LogP contribution in [0.4, 0.5) is 5.69 Å². The van der Waals surface area contributed by atoms with Crippen molar-refractivity contribution in [2.24, 2.45) is 0 Å². The second-order valence-corrected chi connectivity index (χ2v) is 3.91. The van der Waals surface area contributed by atoms with E-state index in [1.54, 1.807) is 12.5 Å². The van der Waals surface area contributed by atoms with Gasteiger partial charge in [-0.25, -0.2) is 0 Å². The molecule has 2 aromatic rings. The average molecular weight is 216 g/mol. The molecule has 1 N–H and O–H groups in total. The van der Waals surface area contributed by atoms with Crippen LogP contribution in [0.5, 0.6) is 0 Å². The van der Waals surface area contributed by atoms with Crippen LogP contribution in [0.15, 0.2) is 47.3 Å². The van der Waals surface area contributed by atoms with Crippen LogP contribution in [0.1, 0.15) is 19.1 Å². The topological polar surface area (TPSA) is 38.1 Å². The first-order valence-corrected chi connectivity index (χ1v) is 5.53. The van der Waals surface area contributed by atoms with Gasteiger partial charge in [0.25, 0.3) is 0 Å². The van der Waals surface area contributed by atoms with E-state index in [9.17, 15) is 0 Å². The van der Waals surface area contributed by atoms with Crippen LogP contribution in [0, 0.1) is 0 Å². The summed E-state index contributed by atoms with van der Waals surface area (Å²) in [4.78, 5) is 4.07. The molecule has 0 bridgehead atoms. The lowest BCUT2D eigenvalue weighted by Gasteiger charge is -2.13. The molecule has 0 saturated heterocycles. The van der Waals surface area contributed by atoms with Gasteiger partial charge in [-0.3, -0.25) is 4.98 Å². The van der Waals surface area contributed by atoms with Gasteiger partial charge in [-0.1, -0.05) is 0 Å². The molecule has 0 amide bonds. The number of anilines is 1. The van der Waals surface area contributed by atoms with Gasteiger partial charge >= 0.3 is 0 Å². The van der Waals surface area contributed by atoms with E-state index in [1.807, 2.05) is 30.5 Å². The molecule has 1 unspecified atom stereocenters. The predicted molar refractivity (Wildman–Crippen MR) is 64.4 cm³/mol. The number of hydrogen-bond acceptors (Lipinski definition) is 3. The first-order valence-electron chi connectivity index (χ1n) is 5.53. The minimum absolute atomic E-state index is 0.411. The summed E-state index contributed by atoms with van der Waals surface area (Å²) in [5.41, 5.74) is 1.06.